The average Bonchev–Trinajstić information content (AvgIpc) is 2.88. The summed E-state index contributed by atoms with van der Waals surface area (Å²) >= 11 is 0. The summed E-state index contributed by atoms with van der Waals surface area (Å²) in [5, 5.41) is 11.1. The summed E-state index contributed by atoms with van der Waals surface area (Å²) < 4.78 is 67.9. The van der Waals surface area contributed by atoms with Crippen LogP contribution in [0.5, 0.6) is 0 Å². The maximum Gasteiger partial charge on any atom is 0.416 e. The Morgan fingerprint density at radius 1 is 1.13 bits per heavy atom. The fourth-order valence-corrected chi connectivity index (χ4v) is 4.04. The standard InChI is InChI=1S/C26H18F5N5O3/c1-13(22-19(28)8-15(11-32)12-33-22)34-23(37)21(9-14-2-4-16(5-3-14)26(29,30)31)36-24(38)18-10-17(27)6-7-20(18)35-25(36)39/h2-8,10,12-13,21H,9H2,1H3,(H,34,37)(H,35,39)/t13-,21+/m1/s1. The third-order valence-electron chi connectivity index (χ3n) is 5.98. The highest BCUT2D eigenvalue weighted by Gasteiger charge is 2.31. The number of rotatable bonds is 6. The number of carbonyl (C=O) groups is 1. The topological polar surface area (TPSA) is 121 Å². The van der Waals surface area contributed by atoms with E-state index in [0.717, 1.165) is 48.7 Å². The number of amides is 1. The zero-order chi connectivity index (χ0) is 28.5. The van der Waals surface area contributed by atoms with E-state index in [9.17, 15) is 36.3 Å². The third-order valence-corrected chi connectivity index (χ3v) is 5.98. The van der Waals surface area contributed by atoms with Gasteiger partial charge < -0.3 is 10.3 Å². The lowest BCUT2D eigenvalue weighted by Crippen LogP contribution is -2.46. The van der Waals surface area contributed by atoms with E-state index in [2.05, 4.69) is 15.3 Å². The molecule has 0 aliphatic heterocycles. The van der Waals surface area contributed by atoms with Crippen molar-refractivity contribution < 1.29 is 26.7 Å². The number of carbonyl (C=O) groups excluding carboxylic acids is 1. The van der Waals surface area contributed by atoms with Crippen molar-refractivity contribution in [3.05, 3.63) is 110 Å². The van der Waals surface area contributed by atoms with E-state index in [0.29, 0.717) is 4.57 Å². The number of hydrogen-bond acceptors (Lipinski definition) is 5. The lowest BCUT2D eigenvalue weighted by Gasteiger charge is -2.22. The van der Waals surface area contributed by atoms with Gasteiger partial charge in [0.2, 0.25) is 5.91 Å². The van der Waals surface area contributed by atoms with Crippen LogP contribution >= 0.6 is 0 Å². The number of aromatic nitrogens is 3. The molecule has 2 heterocycles. The van der Waals surface area contributed by atoms with Crippen molar-refractivity contribution in [2.24, 2.45) is 0 Å². The first kappa shape index (κ1) is 27.2. The maximum absolute atomic E-state index is 14.5. The highest BCUT2D eigenvalue weighted by atomic mass is 19.4. The molecule has 0 fully saturated rings. The number of benzene rings is 2. The molecule has 0 unspecified atom stereocenters. The Hall–Kier alpha value is -4.86. The van der Waals surface area contributed by atoms with Gasteiger partial charge in [-0.25, -0.2) is 18.1 Å². The van der Waals surface area contributed by atoms with Crippen molar-refractivity contribution in [1.82, 2.24) is 19.9 Å². The van der Waals surface area contributed by atoms with Gasteiger partial charge in [0, 0.05) is 12.6 Å². The minimum absolute atomic E-state index is 0.00793. The van der Waals surface area contributed by atoms with Crippen LogP contribution in [0.2, 0.25) is 0 Å². The van der Waals surface area contributed by atoms with Crippen LogP contribution in [0.1, 0.15) is 41.4 Å². The largest absolute Gasteiger partial charge is 0.416 e. The molecule has 8 nitrogen and oxygen atoms in total. The Morgan fingerprint density at radius 2 is 1.82 bits per heavy atom. The summed E-state index contributed by atoms with van der Waals surface area (Å²) in [6, 6.07) is 6.72. The molecule has 39 heavy (non-hydrogen) atoms. The molecule has 0 spiro atoms. The van der Waals surface area contributed by atoms with Crippen LogP contribution in [0.25, 0.3) is 10.9 Å². The normalized spacial score (nSPS) is 13.1. The van der Waals surface area contributed by atoms with Gasteiger partial charge in [-0.1, -0.05) is 12.1 Å². The van der Waals surface area contributed by atoms with Gasteiger partial charge in [-0.2, -0.15) is 18.4 Å². The van der Waals surface area contributed by atoms with Crippen LogP contribution < -0.4 is 16.6 Å². The van der Waals surface area contributed by atoms with Crippen molar-refractivity contribution in [2.75, 3.05) is 0 Å². The zero-order valence-electron chi connectivity index (χ0n) is 20.0. The first-order chi connectivity index (χ1) is 18.4. The van der Waals surface area contributed by atoms with Crippen LogP contribution in [0, 0.1) is 23.0 Å². The Balaban J connectivity index is 1.77. The van der Waals surface area contributed by atoms with Crippen molar-refractivity contribution in [1.29, 1.82) is 5.26 Å². The number of hydrogen-bond donors (Lipinski definition) is 2. The Kier molecular flexibility index (Phi) is 7.31. The number of alkyl halides is 3. The summed E-state index contributed by atoms with van der Waals surface area (Å²) in [5.74, 6) is -2.63. The van der Waals surface area contributed by atoms with Gasteiger partial charge >= 0.3 is 11.9 Å². The molecule has 4 aromatic rings. The van der Waals surface area contributed by atoms with Crippen LogP contribution in [-0.4, -0.2) is 20.4 Å². The lowest BCUT2D eigenvalue weighted by molar-refractivity contribution is -0.137. The predicted molar refractivity (Wildman–Crippen MR) is 128 cm³/mol. The number of nitrogens with one attached hydrogen (secondary N) is 2. The monoisotopic (exact) mass is 543 g/mol. The van der Waals surface area contributed by atoms with Crippen LogP contribution in [0.4, 0.5) is 22.0 Å². The van der Waals surface area contributed by atoms with Crippen LogP contribution in [0.15, 0.2) is 64.3 Å². The number of nitriles is 1. The highest BCUT2D eigenvalue weighted by Crippen LogP contribution is 2.29. The van der Waals surface area contributed by atoms with E-state index < -0.39 is 59.0 Å². The Labute approximate surface area is 216 Å². The van der Waals surface area contributed by atoms with Crippen LogP contribution in [0.3, 0.4) is 0 Å². The Bertz CT molecular complexity index is 1720. The molecule has 2 atom stereocenters. The summed E-state index contributed by atoms with van der Waals surface area (Å²) in [6.45, 7) is 1.37. The van der Waals surface area contributed by atoms with E-state index >= 15 is 0 Å². The molecule has 2 aromatic carbocycles. The van der Waals surface area contributed by atoms with Crippen LogP contribution in [-0.2, 0) is 17.4 Å². The molecule has 0 radical (unpaired) electrons. The second-order valence-electron chi connectivity index (χ2n) is 8.64. The number of pyridine rings is 1. The summed E-state index contributed by atoms with van der Waals surface area (Å²) in [7, 11) is 0. The molecule has 4 rings (SSSR count). The van der Waals surface area contributed by atoms with Gasteiger partial charge in [-0.3, -0.25) is 14.6 Å². The quantitative estimate of drug-likeness (QED) is 0.357. The molecule has 200 valence electrons. The van der Waals surface area contributed by atoms with Gasteiger partial charge in [0.05, 0.1) is 33.8 Å². The summed E-state index contributed by atoms with van der Waals surface area (Å²) in [5.41, 5.74) is -3.11. The number of H-pyrrole nitrogens is 1. The van der Waals surface area contributed by atoms with E-state index in [1.165, 1.54) is 13.0 Å². The molecular weight excluding hydrogens is 525 g/mol. The minimum atomic E-state index is -4.61. The van der Waals surface area contributed by atoms with Crippen molar-refractivity contribution >= 4 is 16.8 Å². The highest BCUT2D eigenvalue weighted by molar-refractivity contribution is 5.82. The average molecular weight is 543 g/mol. The predicted octanol–water partition coefficient (Wildman–Crippen LogP) is 3.91. The SMILES string of the molecule is C[C@@H](NC(=O)[C@H](Cc1ccc(C(F)(F)F)cc1)n1c(=O)[nH]c2ccc(F)cc2c1=O)c1ncc(C#N)cc1F. The van der Waals surface area contributed by atoms with Crippen molar-refractivity contribution in [3.63, 3.8) is 0 Å². The van der Waals surface area contributed by atoms with Gasteiger partial charge in [0.25, 0.3) is 5.56 Å². The van der Waals surface area contributed by atoms with Crippen molar-refractivity contribution in [3.8, 4) is 6.07 Å². The molecule has 2 aromatic heterocycles. The first-order valence-electron chi connectivity index (χ1n) is 11.3. The zero-order valence-corrected chi connectivity index (χ0v) is 20.0. The second kappa shape index (κ2) is 10.5. The number of aromatic amines is 1. The molecule has 2 N–H and O–H groups in total. The van der Waals surface area contributed by atoms with E-state index in [1.54, 1.807) is 6.07 Å². The molecule has 0 aliphatic carbocycles. The lowest BCUT2D eigenvalue weighted by atomic mass is 10.0. The molecule has 0 saturated carbocycles. The summed E-state index contributed by atoms with van der Waals surface area (Å²) in [6.07, 6.45) is -3.93. The third kappa shape index (κ3) is 5.69. The first-order valence-corrected chi connectivity index (χ1v) is 11.3. The van der Waals surface area contributed by atoms with E-state index in [1.807, 2.05) is 0 Å². The fraction of sp³-hybridized carbons (Fsp3) is 0.192. The minimum Gasteiger partial charge on any atom is -0.346 e. The van der Waals surface area contributed by atoms with Gasteiger partial charge in [-0.15, -0.1) is 0 Å². The number of fused-ring (bicyclic) bond motifs is 1. The smallest absolute Gasteiger partial charge is 0.346 e. The summed E-state index contributed by atoms with van der Waals surface area (Å²) in [4.78, 5) is 45.8. The fourth-order valence-electron chi connectivity index (χ4n) is 4.04. The molecule has 0 bridgehead atoms. The Morgan fingerprint density at radius 3 is 2.44 bits per heavy atom. The molecular formula is C26H18F5N5O3. The molecule has 0 aliphatic rings. The van der Waals surface area contributed by atoms with Gasteiger partial charge in [-0.05, 0) is 48.9 Å². The van der Waals surface area contributed by atoms with E-state index in [-0.39, 0.29) is 27.7 Å². The van der Waals surface area contributed by atoms with E-state index in [4.69, 9.17) is 5.26 Å². The maximum atomic E-state index is 14.5. The second-order valence-corrected chi connectivity index (χ2v) is 8.64. The molecule has 0 saturated heterocycles. The molecule has 1 amide bonds. The number of halogens is 5. The number of nitrogens with zero attached hydrogens (tertiary/aromatic N) is 3. The van der Waals surface area contributed by atoms with Gasteiger partial charge in [0.1, 0.15) is 23.7 Å². The van der Waals surface area contributed by atoms with Gasteiger partial charge in [0.15, 0.2) is 0 Å². The molecule has 13 heteroatoms. The van der Waals surface area contributed by atoms with Crippen molar-refractivity contribution in [2.45, 2.75) is 31.6 Å².